The van der Waals surface area contributed by atoms with E-state index >= 15 is 0 Å². The van der Waals surface area contributed by atoms with Gasteiger partial charge in [0.25, 0.3) is 0 Å². The standard InChI is InChI=1S/C37H50N2O10/c1-7-38-17-34(18-49-32(42)20-10-8-9-11-23(20)39-26(40)14-19(2)31(39)41)13-12-25(46-4)36-22-15-21-24(45-3)16-35(43,27(22)28(21)47-5)37(44,33(36)38)30(48-6)29(34)36/h8-11,19,21-22,24-25,27-30,33,43-44H,7,12-18H2,1-6H3/t19-,21+,22+,24-,25-,27+,28-,29?,30?,33+,34-,35+,36+,37-/m0/s1. The molecule has 12 nitrogen and oxygen atoms in total. The number of piperidine rings is 1. The van der Waals surface area contributed by atoms with Gasteiger partial charge in [-0.15, -0.1) is 0 Å². The van der Waals surface area contributed by atoms with Crippen molar-refractivity contribution in [1.29, 1.82) is 0 Å². The van der Waals surface area contributed by atoms with Crippen LogP contribution >= 0.6 is 0 Å². The number of esters is 1. The number of aliphatic hydroxyl groups is 2. The first-order chi connectivity index (χ1) is 23.4. The summed E-state index contributed by atoms with van der Waals surface area (Å²) in [6, 6.07) is 6.12. The summed E-state index contributed by atoms with van der Waals surface area (Å²) < 4.78 is 31.4. The van der Waals surface area contributed by atoms with Gasteiger partial charge in [0.2, 0.25) is 11.8 Å². The highest BCUT2D eigenvalue weighted by Crippen LogP contribution is 2.80. The Morgan fingerprint density at radius 2 is 1.80 bits per heavy atom. The number of ether oxygens (including phenoxy) is 5. The van der Waals surface area contributed by atoms with Gasteiger partial charge >= 0.3 is 5.97 Å². The fourth-order valence-corrected chi connectivity index (χ4v) is 13.2. The number of hydrogen-bond acceptors (Lipinski definition) is 11. The number of para-hydroxylation sites is 1. The van der Waals surface area contributed by atoms with Crippen LogP contribution in [0, 0.1) is 40.4 Å². The minimum Gasteiger partial charge on any atom is -0.461 e. The lowest BCUT2D eigenvalue weighted by atomic mass is 9.42. The van der Waals surface area contributed by atoms with Gasteiger partial charge < -0.3 is 33.9 Å². The minimum absolute atomic E-state index is 0.0358. The molecule has 7 aliphatic rings. The Balaban J connectivity index is 1.23. The maximum Gasteiger partial charge on any atom is 0.340 e. The zero-order valence-corrected chi connectivity index (χ0v) is 29.3. The van der Waals surface area contributed by atoms with E-state index in [1.807, 2.05) is 0 Å². The number of rotatable bonds is 9. The van der Waals surface area contributed by atoms with Crippen LogP contribution in [0.3, 0.4) is 0 Å². The predicted octanol–water partition coefficient (Wildman–Crippen LogP) is 2.04. The largest absolute Gasteiger partial charge is 0.461 e. The molecular formula is C37H50N2O10. The van der Waals surface area contributed by atoms with Crippen molar-refractivity contribution in [2.24, 2.45) is 40.4 Å². The number of likely N-dealkylation sites (N-methyl/N-ethyl adjacent to an activating group) is 1. The lowest BCUT2D eigenvalue weighted by Crippen LogP contribution is -2.82. The Hall–Kier alpha value is -2.45. The van der Waals surface area contributed by atoms with Crippen LogP contribution in [0.25, 0.3) is 0 Å². The Labute approximate surface area is 287 Å². The second kappa shape index (κ2) is 11.3. The van der Waals surface area contributed by atoms with E-state index in [4.69, 9.17) is 23.7 Å². The summed E-state index contributed by atoms with van der Waals surface area (Å²) >= 11 is 0. The van der Waals surface area contributed by atoms with Gasteiger partial charge in [-0.1, -0.05) is 26.0 Å². The molecule has 0 aromatic heterocycles. The molecule has 12 heteroatoms. The van der Waals surface area contributed by atoms with Crippen molar-refractivity contribution in [2.45, 2.75) is 87.6 Å². The van der Waals surface area contributed by atoms with E-state index in [-0.39, 0.29) is 84.5 Å². The summed E-state index contributed by atoms with van der Waals surface area (Å²) in [6.45, 7) is 4.95. The Morgan fingerprint density at radius 3 is 2.43 bits per heavy atom. The molecule has 2 N–H and O–H groups in total. The number of anilines is 1. The highest BCUT2D eigenvalue weighted by Gasteiger charge is 2.91. The summed E-state index contributed by atoms with van der Waals surface area (Å²) in [5.41, 5.74) is -4.17. The smallest absolute Gasteiger partial charge is 0.340 e. The number of fused-ring (bicyclic) bond motifs is 2. The van der Waals surface area contributed by atoms with Crippen molar-refractivity contribution in [3.8, 4) is 0 Å². The van der Waals surface area contributed by atoms with E-state index in [1.165, 1.54) is 0 Å². The Kier molecular flexibility index (Phi) is 7.75. The van der Waals surface area contributed by atoms with Crippen molar-refractivity contribution in [3.63, 3.8) is 0 Å². The summed E-state index contributed by atoms with van der Waals surface area (Å²) in [6.07, 6.45) is 0.813. The molecule has 2 amide bonds. The molecule has 5 aliphatic carbocycles. The van der Waals surface area contributed by atoms with E-state index in [0.717, 1.165) is 11.3 Å². The number of imide groups is 1. The van der Waals surface area contributed by atoms with E-state index in [1.54, 1.807) is 59.6 Å². The molecule has 2 saturated heterocycles. The highest BCUT2D eigenvalue weighted by atomic mass is 16.5. The average molecular weight is 683 g/mol. The highest BCUT2D eigenvalue weighted by molar-refractivity contribution is 6.22. The van der Waals surface area contributed by atoms with E-state index in [2.05, 4.69) is 11.8 Å². The van der Waals surface area contributed by atoms with Gasteiger partial charge in [-0.05, 0) is 43.9 Å². The molecule has 2 heterocycles. The maximum atomic E-state index is 14.1. The van der Waals surface area contributed by atoms with Gasteiger partial charge in [-0.3, -0.25) is 14.5 Å². The van der Waals surface area contributed by atoms with Crippen LogP contribution in [0.15, 0.2) is 24.3 Å². The van der Waals surface area contributed by atoms with Crippen LogP contribution in [0.1, 0.15) is 56.3 Å². The number of methoxy groups -OCH3 is 4. The van der Waals surface area contributed by atoms with Crippen LogP contribution in [-0.4, -0.2) is 123 Å². The topological polar surface area (TPSA) is 144 Å². The number of benzene rings is 1. The van der Waals surface area contributed by atoms with E-state index in [9.17, 15) is 24.6 Å². The minimum atomic E-state index is -1.70. The van der Waals surface area contributed by atoms with Gasteiger partial charge in [0.1, 0.15) is 11.2 Å². The second-order valence-electron chi connectivity index (χ2n) is 16.0. The van der Waals surface area contributed by atoms with Crippen molar-refractivity contribution in [2.75, 3.05) is 53.0 Å². The van der Waals surface area contributed by atoms with E-state index < -0.39 is 46.1 Å². The van der Waals surface area contributed by atoms with Crippen LogP contribution in [0.2, 0.25) is 0 Å². The first-order valence-electron chi connectivity index (χ1n) is 17.9. The van der Waals surface area contributed by atoms with Gasteiger partial charge in [0, 0.05) is 82.3 Å². The summed E-state index contributed by atoms with van der Waals surface area (Å²) in [7, 11) is 6.70. The molecule has 5 saturated carbocycles. The molecule has 1 aromatic carbocycles. The Bertz CT molecular complexity index is 1560. The van der Waals surface area contributed by atoms with Crippen molar-refractivity contribution >= 4 is 23.5 Å². The maximum absolute atomic E-state index is 14.1. The first kappa shape index (κ1) is 33.7. The monoisotopic (exact) mass is 682 g/mol. The fourth-order valence-electron chi connectivity index (χ4n) is 13.2. The second-order valence-corrected chi connectivity index (χ2v) is 16.0. The van der Waals surface area contributed by atoms with Gasteiger partial charge in [-0.2, -0.15) is 0 Å². The molecule has 8 rings (SSSR count). The number of nitrogens with zero attached hydrogens (tertiary/aromatic N) is 2. The quantitative estimate of drug-likeness (QED) is 0.292. The number of hydrogen-bond donors (Lipinski definition) is 2. The summed E-state index contributed by atoms with van der Waals surface area (Å²) in [4.78, 5) is 43.3. The zero-order chi connectivity index (χ0) is 34.8. The summed E-state index contributed by atoms with van der Waals surface area (Å²) in [5.74, 6) is -2.47. The number of carbonyl (C=O) groups is 3. The SMILES string of the molecule is CCN1C[C@]2(COC(=O)c3ccccc3N3C(=O)C[C@H](C)C3=O)CC[C@H](OC)[C@]34C2C(OC)[C@](O)([C@H]13)[C@@]1(O)C[C@H](OC)[C@H]2C[C@@H]4[C@@H]1[C@H]2OC. The summed E-state index contributed by atoms with van der Waals surface area (Å²) in [5, 5.41) is 26.6. The first-order valence-corrected chi connectivity index (χ1v) is 17.9. The van der Waals surface area contributed by atoms with Crippen LogP contribution < -0.4 is 4.90 Å². The van der Waals surface area contributed by atoms with Crippen molar-refractivity contribution in [1.82, 2.24) is 4.90 Å². The average Bonchev–Trinajstić information content (AvgIpc) is 3.63. The molecule has 49 heavy (non-hydrogen) atoms. The lowest BCUT2D eigenvalue weighted by molar-refractivity contribution is -0.320. The zero-order valence-electron chi connectivity index (χ0n) is 29.3. The molecule has 2 unspecified atom stereocenters. The van der Waals surface area contributed by atoms with Crippen molar-refractivity contribution in [3.05, 3.63) is 29.8 Å². The number of likely N-dealkylation sites (tertiary alicyclic amines) is 1. The van der Waals surface area contributed by atoms with E-state index in [0.29, 0.717) is 25.9 Å². The predicted molar refractivity (Wildman–Crippen MR) is 174 cm³/mol. The fraction of sp³-hybridized carbons (Fsp3) is 0.757. The molecule has 7 bridgehead atoms. The molecule has 268 valence electrons. The van der Waals surface area contributed by atoms with Crippen LogP contribution in [0.4, 0.5) is 5.69 Å². The molecular weight excluding hydrogens is 632 g/mol. The molecule has 0 radical (unpaired) electrons. The molecule has 1 spiro atoms. The van der Waals surface area contributed by atoms with Crippen molar-refractivity contribution < 1.29 is 48.3 Å². The van der Waals surface area contributed by atoms with Gasteiger partial charge in [0.05, 0.1) is 48.3 Å². The third-order valence-electron chi connectivity index (χ3n) is 14.5. The normalized spacial score (nSPS) is 48.0. The van der Waals surface area contributed by atoms with Gasteiger partial charge in [-0.25, -0.2) is 9.69 Å². The Morgan fingerprint density at radius 1 is 1.04 bits per heavy atom. The third kappa shape index (κ3) is 3.86. The number of carbonyl (C=O) groups excluding carboxylic acids is 3. The van der Waals surface area contributed by atoms with Gasteiger partial charge in [0.15, 0.2) is 0 Å². The molecule has 7 fully saturated rings. The van der Waals surface area contributed by atoms with Crippen LogP contribution in [-0.2, 0) is 33.3 Å². The number of amides is 2. The third-order valence-corrected chi connectivity index (χ3v) is 14.5. The van der Waals surface area contributed by atoms with Crippen LogP contribution in [0.5, 0.6) is 0 Å². The molecule has 2 aliphatic heterocycles. The molecule has 1 aromatic rings. The lowest BCUT2D eigenvalue weighted by Gasteiger charge is -2.70. The molecule has 14 atom stereocenters.